The van der Waals surface area contributed by atoms with Crippen molar-refractivity contribution in [2.75, 3.05) is 19.6 Å². The quantitative estimate of drug-likeness (QED) is 0.766. The molecule has 2 saturated heterocycles. The Labute approximate surface area is 164 Å². The van der Waals surface area contributed by atoms with Crippen LogP contribution in [0.25, 0.3) is 0 Å². The minimum atomic E-state index is -0.833. The van der Waals surface area contributed by atoms with E-state index in [0.717, 1.165) is 31.5 Å². The van der Waals surface area contributed by atoms with Crippen molar-refractivity contribution in [3.05, 3.63) is 35.4 Å². The van der Waals surface area contributed by atoms with E-state index in [1.54, 1.807) is 4.90 Å². The van der Waals surface area contributed by atoms with E-state index in [4.69, 9.17) is 0 Å². The summed E-state index contributed by atoms with van der Waals surface area (Å²) in [6.45, 7) is 1.74. The number of benzene rings is 1. The molecule has 0 aromatic heterocycles. The lowest BCUT2D eigenvalue weighted by Gasteiger charge is -2.46. The Morgan fingerprint density at radius 2 is 1.61 bits per heavy atom. The molecule has 3 aliphatic rings. The lowest BCUT2D eigenvalue weighted by molar-refractivity contribution is -0.143. The molecule has 28 heavy (non-hydrogen) atoms. The van der Waals surface area contributed by atoms with Gasteiger partial charge in [-0.3, -0.25) is 9.59 Å². The second-order valence-corrected chi connectivity index (χ2v) is 8.48. The average Bonchev–Trinajstić information content (AvgIpc) is 2.72. The number of fused-ring (bicyclic) bond motifs is 1. The van der Waals surface area contributed by atoms with Crippen LogP contribution in [0.2, 0.25) is 0 Å². The van der Waals surface area contributed by atoms with Crippen molar-refractivity contribution in [1.29, 1.82) is 0 Å². The molecule has 1 saturated carbocycles. The number of halogens is 2. The van der Waals surface area contributed by atoms with E-state index >= 15 is 0 Å². The van der Waals surface area contributed by atoms with Crippen molar-refractivity contribution in [2.24, 2.45) is 11.8 Å². The highest BCUT2D eigenvalue weighted by Gasteiger charge is 2.39. The van der Waals surface area contributed by atoms with Gasteiger partial charge >= 0.3 is 0 Å². The van der Waals surface area contributed by atoms with Crippen molar-refractivity contribution >= 4 is 11.8 Å². The number of amides is 2. The normalized spacial score (nSPS) is 26.1. The Hall–Kier alpha value is -1.98. The second-order valence-electron chi connectivity index (χ2n) is 8.48. The minimum Gasteiger partial charge on any atom is -0.339 e. The number of carbonyl (C=O) groups excluding carboxylic acids is 2. The van der Waals surface area contributed by atoms with Crippen molar-refractivity contribution in [2.45, 2.75) is 57.4 Å². The van der Waals surface area contributed by atoms with E-state index in [-0.39, 0.29) is 17.4 Å². The molecule has 4 rings (SSSR count). The lowest BCUT2D eigenvalue weighted by Crippen LogP contribution is -2.53. The molecule has 1 aromatic carbocycles. The Balaban J connectivity index is 1.37. The maximum Gasteiger partial charge on any atom is 0.256 e. The number of carbonyl (C=O) groups is 2. The van der Waals surface area contributed by atoms with Gasteiger partial charge in [0, 0.05) is 37.7 Å². The third kappa shape index (κ3) is 3.78. The molecule has 3 fully saturated rings. The summed E-state index contributed by atoms with van der Waals surface area (Å²) < 4.78 is 27.0. The van der Waals surface area contributed by atoms with Crippen LogP contribution in [-0.2, 0) is 4.79 Å². The van der Waals surface area contributed by atoms with Gasteiger partial charge in [-0.1, -0.05) is 12.8 Å². The van der Waals surface area contributed by atoms with Gasteiger partial charge in [-0.05, 0) is 56.6 Å². The minimum absolute atomic E-state index is 0.0530. The van der Waals surface area contributed by atoms with Crippen LogP contribution in [-0.4, -0.2) is 47.3 Å². The molecule has 0 bridgehead atoms. The van der Waals surface area contributed by atoms with Gasteiger partial charge in [0.1, 0.15) is 11.6 Å². The standard InChI is InChI=1S/C22H28F2N2O2/c23-17-7-8-18(19(24)14-17)22(28)25-12-9-16(10-13-25)21(27)26-11-3-5-15-4-1-2-6-20(15)26/h7-8,14-16,20H,1-6,9-13H2. The SMILES string of the molecule is O=C(c1ccc(F)cc1F)N1CCC(C(=O)N2CCCC3CCCCC32)CC1. The summed E-state index contributed by atoms with van der Waals surface area (Å²) in [4.78, 5) is 29.5. The zero-order chi connectivity index (χ0) is 19.7. The molecule has 0 spiro atoms. The summed E-state index contributed by atoms with van der Waals surface area (Å²) in [6, 6.07) is 3.44. The van der Waals surface area contributed by atoms with Crippen LogP contribution in [0.15, 0.2) is 18.2 Å². The Morgan fingerprint density at radius 1 is 0.893 bits per heavy atom. The molecule has 0 N–H and O–H groups in total. The van der Waals surface area contributed by atoms with Crippen molar-refractivity contribution in [1.82, 2.24) is 9.80 Å². The second kappa shape index (κ2) is 8.18. The topological polar surface area (TPSA) is 40.6 Å². The summed E-state index contributed by atoms with van der Waals surface area (Å²) in [5.74, 6) is -1.09. The van der Waals surface area contributed by atoms with Gasteiger partial charge in [-0.25, -0.2) is 8.78 Å². The molecule has 0 radical (unpaired) electrons. The summed E-state index contributed by atoms with van der Waals surface area (Å²) >= 11 is 0. The first-order valence-electron chi connectivity index (χ1n) is 10.6. The van der Waals surface area contributed by atoms with E-state index in [1.165, 1.54) is 31.7 Å². The van der Waals surface area contributed by atoms with Crippen molar-refractivity contribution in [3.63, 3.8) is 0 Å². The van der Waals surface area contributed by atoms with E-state index in [0.29, 0.717) is 37.9 Å². The van der Waals surface area contributed by atoms with Gasteiger partial charge in [0.05, 0.1) is 5.56 Å². The van der Waals surface area contributed by atoms with Crippen LogP contribution >= 0.6 is 0 Å². The molecule has 2 aliphatic heterocycles. The number of hydrogen-bond donors (Lipinski definition) is 0. The molecular formula is C22H28F2N2O2. The van der Waals surface area contributed by atoms with E-state index in [2.05, 4.69) is 4.90 Å². The maximum absolute atomic E-state index is 13.9. The Kier molecular flexibility index (Phi) is 5.65. The van der Waals surface area contributed by atoms with Crippen LogP contribution < -0.4 is 0 Å². The van der Waals surface area contributed by atoms with E-state index in [1.807, 2.05) is 0 Å². The zero-order valence-electron chi connectivity index (χ0n) is 16.2. The van der Waals surface area contributed by atoms with Gasteiger partial charge in [-0.2, -0.15) is 0 Å². The van der Waals surface area contributed by atoms with Crippen LogP contribution in [0, 0.1) is 23.5 Å². The number of nitrogens with zero attached hydrogens (tertiary/aromatic N) is 2. The first-order chi connectivity index (χ1) is 13.5. The molecule has 2 heterocycles. The highest BCUT2D eigenvalue weighted by molar-refractivity contribution is 5.94. The molecule has 2 atom stereocenters. The summed E-state index contributed by atoms with van der Waals surface area (Å²) in [7, 11) is 0. The third-order valence-electron chi connectivity index (χ3n) is 6.82. The van der Waals surface area contributed by atoms with Gasteiger partial charge in [0.25, 0.3) is 5.91 Å². The summed E-state index contributed by atoms with van der Waals surface area (Å²) in [6.07, 6.45) is 8.41. The lowest BCUT2D eigenvalue weighted by atomic mass is 9.77. The monoisotopic (exact) mass is 390 g/mol. The number of hydrogen-bond acceptors (Lipinski definition) is 2. The molecule has 2 amide bonds. The predicted molar refractivity (Wildman–Crippen MR) is 102 cm³/mol. The largest absolute Gasteiger partial charge is 0.339 e. The van der Waals surface area contributed by atoms with E-state index in [9.17, 15) is 18.4 Å². The molecule has 2 unspecified atom stereocenters. The average molecular weight is 390 g/mol. The molecule has 152 valence electrons. The predicted octanol–water partition coefficient (Wildman–Crippen LogP) is 4.00. The Bertz CT molecular complexity index is 744. The first-order valence-corrected chi connectivity index (χ1v) is 10.6. The fraction of sp³-hybridized carbons (Fsp3) is 0.636. The van der Waals surface area contributed by atoms with Crippen molar-refractivity contribution in [3.8, 4) is 0 Å². The van der Waals surface area contributed by atoms with Gasteiger partial charge in [0.2, 0.25) is 5.91 Å². The van der Waals surface area contributed by atoms with Crippen LogP contribution in [0.1, 0.15) is 61.7 Å². The van der Waals surface area contributed by atoms with Gasteiger partial charge in [-0.15, -0.1) is 0 Å². The highest BCUT2D eigenvalue weighted by Crippen LogP contribution is 2.36. The fourth-order valence-electron chi connectivity index (χ4n) is 5.30. The smallest absolute Gasteiger partial charge is 0.256 e. The molecule has 1 aliphatic carbocycles. The van der Waals surface area contributed by atoms with Crippen LogP contribution in [0.3, 0.4) is 0 Å². The fourth-order valence-corrected chi connectivity index (χ4v) is 5.30. The van der Waals surface area contributed by atoms with Crippen LogP contribution in [0.5, 0.6) is 0 Å². The van der Waals surface area contributed by atoms with Gasteiger partial charge in [0.15, 0.2) is 0 Å². The molecule has 6 heteroatoms. The first kappa shape index (κ1) is 19.3. The van der Waals surface area contributed by atoms with Crippen molar-refractivity contribution < 1.29 is 18.4 Å². The van der Waals surface area contributed by atoms with Gasteiger partial charge < -0.3 is 9.80 Å². The summed E-state index contributed by atoms with van der Waals surface area (Å²) in [5.41, 5.74) is -0.104. The number of piperidine rings is 2. The number of likely N-dealkylation sites (tertiary alicyclic amines) is 2. The van der Waals surface area contributed by atoms with E-state index < -0.39 is 17.5 Å². The molecular weight excluding hydrogens is 362 g/mol. The zero-order valence-corrected chi connectivity index (χ0v) is 16.2. The summed E-state index contributed by atoms with van der Waals surface area (Å²) in [5, 5.41) is 0. The Morgan fingerprint density at radius 3 is 2.36 bits per heavy atom. The highest BCUT2D eigenvalue weighted by atomic mass is 19.1. The number of rotatable bonds is 2. The molecule has 1 aromatic rings. The van der Waals surface area contributed by atoms with Crippen LogP contribution in [0.4, 0.5) is 8.78 Å². The maximum atomic E-state index is 13.9. The molecule has 4 nitrogen and oxygen atoms in total. The third-order valence-corrected chi connectivity index (χ3v) is 6.82.